The Labute approximate surface area is 190 Å². The zero-order valence-corrected chi connectivity index (χ0v) is 17.8. The topological polar surface area (TPSA) is 117 Å². The highest BCUT2D eigenvalue weighted by atomic mass is 19.1. The van der Waals surface area contributed by atoms with Crippen molar-refractivity contribution in [3.8, 4) is 5.69 Å². The first-order valence-corrected chi connectivity index (χ1v) is 10.2. The molecule has 172 valence electrons. The lowest BCUT2D eigenvalue weighted by Gasteiger charge is -2.35. The minimum Gasteiger partial charge on any atom is -0.381 e. The summed E-state index contributed by atoms with van der Waals surface area (Å²) in [7, 11) is 0. The Bertz CT molecular complexity index is 1520. The van der Waals surface area contributed by atoms with E-state index < -0.39 is 28.8 Å². The molecule has 0 bridgehead atoms. The summed E-state index contributed by atoms with van der Waals surface area (Å²) in [6, 6.07) is 6.84. The highest BCUT2D eigenvalue weighted by Gasteiger charge is 2.41. The van der Waals surface area contributed by atoms with Gasteiger partial charge >= 0.3 is 0 Å². The van der Waals surface area contributed by atoms with Crippen molar-refractivity contribution in [2.45, 2.75) is 25.1 Å². The molecule has 0 spiro atoms. The number of fused-ring (bicyclic) bond motifs is 1. The molecule has 10 nitrogen and oxygen atoms in total. The number of aromatic nitrogens is 8. The molecule has 0 fully saturated rings. The summed E-state index contributed by atoms with van der Waals surface area (Å²) in [5, 5.41) is 20.1. The van der Waals surface area contributed by atoms with Crippen LogP contribution in [0.4, 0.5) is 8.78 Å². The lowest BCUT2D eigenvalue weighted by atomic mass is 9.86. The van der Waals surface area contributed by atoms with Crippen molar-refractivity contribution in [1.29, 1.82) is 0 Å². The van der Waals surface area contributed by atoms with Crippen LogP contribution in [0.3, 0.4) is 0 Å². The lowest BCUT2D eigenvalue weighted by molar-refractivity contribution is -0.0343. The number of aliphatic hydroxyl groups is 1. The summed E-state index contributed by atoms with van der Waals surface area (Å²) in [6.07, 6.45) is 6.82. The lowest BCUT2D eigenvalue weighted by Crippen LogP contribution is -2.43. The second-order valence-corrected chi connectivity index (χ2v) is 7.82. The normalized spacial score (nSPS) is 14.2. The predicted molar refractivity (Wildman–Crippen MR) is 116 cm³/mol. The van der Waals surface area contributed by atoms with Crippen molar-refractivity contribution in [3.63, 3.8) is 0 Å². The van der Waals surface area contributed by atoms with Crippen LogP contribution < -0.4 is 5.56 Å². The molecule has 0 saturated heterocycles. The van der Waals surface area contributed by atoms with Crippen LogP contribution in [-0.4, -0.2) is 44.2 Å². The van der Waals surface area contributed by atoms with Gasteiger partial charge in [0, 0.05) is 11.6 Å². The maximum atomic E-state index is 14.8. The zero-order chi connectivity index (χ0) is 23.9. The molecule has 0 amide bonds. The maximum Gasteiger partial charge on any atom is 0.261 e. The van der Waals surface area contributed by atoms with Gasteiger partial charge < -0.3 is 5.11 Å². The van der Waals surface area contributed by atoms with Gasteiger partial charge in [0.1, 0.15) is 42.5 Å². The molecule has 1 N–H and O–H groups in total. The Hall–Kier alpha value is -4.32. The van der Waals surface area contributed by atoms with Crippen molar-refractivity contribution in [3.05, 3.63) is 95.6 Å². The van der Waals surface area contributed by atoms with Crippen molar-refractivity contribution >= 4 is 10.9 Å². The van der Waals surface area contributed by atoms with Gasteiger partial charge in [-0.25, -0.2) is 33.1 Å². The highest BCUT2D eigenvalue weighted by molar-refractivity contribution is 5.79. The van der Waals surface area contributed by atoms with Crippen LogP contribution in [0.25, 0.3) is 16.6 Å². The third-order valence-electron chi connectivity index (χ3n) is 5.83. The summed E-state index contributed by atoms with van der Waals surface area (Å²) < 4.78 is 32.5. The Morgan fingerprint density at radius 1 is 1.03 bits per heavy atom. The van der Waals surface area contributed by atoms with Gasteiger partial charge in [-0.05, 0) is 31.2 Å². The number of halogens is 2. The molecule has 12 heteroatoms. The van der Waals surface area contributed by atoms with E-state index in [0.29, 0.717) is 22.7 Å². The summed E-state index contributed by atoms with van der Waals surface area (Å²) in [5.74, 6) is -1.74. The number of rotatable bonds is 6. The van der Waals surface area contributed by atoms with Gasteiger partial charge in [-0.2, -0.15) is 10.2 Å². The van der Waals surface area contributed by atoms with Crippen LogP contribution in [0.15, 0.2) is 72.8 Å². The summed E-state index contributed by atoms with van der Waals surface area (Å²) in [6.45, 7) is 1.31. The molecule has 2 aromatic carbocycles. The molecule has 3 heterocycles. The Balaban J connectivity index is 1.62. The van der Waals surface area contributed by atoms with Gasteiger partial charge in [0.25, 0.3) is 5.56 Å². The van der Waals surface area contributed by atoms with Gasteiger partial charge in [-0.1, -0.05) is 6.07 Å². The number of nitrogens with zero attached hydrogens (tertiary/aromatic N) is 8. The van der Waals surface area contributed by atoms with Crippen molar-refractivity contribution in [2.75, 3.05) is 0 Å². The van der Waals surface area contributed by atoms with E-state index >= 15 is 0 Å². The minimum absolute atomic E-state index is 0.189. The third kappa shape index (κ3) is 3.63. The largest absolute Gasteiger partial charge is 0.381 e. The highest BCUT2D eigenvalue weighted by Crippen LogP contribution is 2.36. The van der Waals surface area contributed by atoms with E-state index in [2.05, 4.69) is 25.1 Å². The van der Waals surface area contributed by atoms with E-state index in [0.717, 1.165) is 12.1 Å². The van der Waals surface area contributed by atoms with E-state index in [-0.39, 0.29) is 12.1 Å². The molecule has 2 atom stereocenters. The quantitative estimate of drug-likeness (QED) is 0.409. The number of hydrogen-bond acceptors (Lipinski definition) is 7. The Morgan fingerprint density at radius 3 is 2.53 bits per heavy atom. The monoisotopic (exact) mass is 464 g/mol. The maximum absolute atomic E-state index is 14.8. The molecule has 0 unspecified atom stereocenters. The molecule has 34 heavy (non-hydrogen) atoms. The van der Waals surface area contributed by atoms with E-state index in [1.54, 1.807) is 25.1 Å². The van der Waals surface area contributed by atoms with Crippen LogP contribution in [0.2, 0.25) is 0 Å². The fourth-order valence-corrected chi connectivity index (χ4v) is 3.96. The first-order chi connectivity index (χ1) is 16.4. The van der Waals surface area contributed by atoms with Crippen LogP contribution in [0, 0.1) is 11.6 Å². The second kappa shape index (κ2) is 8.23. The van der Waals surface area contributed by atoms with Crippen molar-refractivity contribution < 1.29 is 13.9 Å². The van der Waals surface area contributed by atoms with E-state index in [4.69, 9.17) is 0 Å². The molecule has 0 aliphatic heterocycles. The average Bonchev–Trinajstić information content (AvgIpc) is 3.53. The van der Waals surface area contributed by atoms with Crippen LogP contribution >= 0.6 is 0 Å². The number of hydrogen-bond donors (Lipinski definition) is 1. The molecule has 0 aliphatic rings. The first-order valence-electron chi connectivity index (χ1n) is 10.2. The molecule has 3 aromatic heterocycles. The predicted octanol–water partition coefficient (Wildman–Crippen LogP) is 2.00. The molecule has 0 saturated carbocycles. The summed E-state index contributed by atoms with van der Waals surface area (Å²) in [5.41, 5.74) is -1.55. The van der Waals surface area contributed by atoms with Crippen LogP contribution in [-0.2, 0) is 12.1 Å². The van der Waals surface area contributed by atoms with Gasteiger partial charge in [-0.3, -0.25) is 9.36 Å². The fourth-order valence-electron chi connectivity index (χ4n) is 3.96. The summed E-state index contributed by atoms with van der Waals surface area (Å²) in [4.78, 5) is 25.5. The van der Waals surface area contributed by atoms with E-state index in [9.17, 15) is 18.7 Å². The van der Waals surface area contributed by atoms with Crippen molar-refractivity contribution in [2.24, 2.45) is 0 Å². The van der Waals surface area contributed by atoms with Gasteiger partial charge in [0.15, 0.2) is 0 Å². The molecular weight excluding hydrogens is 446 g/mol. The fraction of sp³-hybridized carbons (Fsp3) is 0.182. The molecule has 0 radical (unpaired) electrons. The van der Waals surface area contributed by atoms with Crippen molar-refractivity contribution in [1.82, 2.24) is 39.1 Å². The minimum atomic E-state index is -1.99. The molecule has 5 aromatic rings. The average molecular weight is 464 g/mol. The van der Waals surface area contributed by atoms with Gasteiger partial charge in [-0.15, -0.1) is 0 Å². The summed E-state index contributed by atoms with van der Waals surface area (Å²) >= 11 is 0. The first kappa shape index (κ1) is 21.5. The smallest absolute Gasteiger partial charge is 0.261 e. The third-order valence-corrected chi connectivity index (χ3v) is 5.83. The molecule has 0 aliphatic carbocycles. The van der Waals surface area contributed by atoms with Gasteiger partial charge in [0.05, 0.1) is 35.5 Å². The van der Waals surface area contributed by atoms with E-state index in [1.165, 1.54) is 45.6 Å². The van der Waals surface area contributed by atoms with E-state index in [1.807, 2.05) is 0 Å². The standard InChI is InChI=1S/C22H18F2N8O2/c1-14(22(34,8-30-11-25-9-28-30)18-5-2-15(23)6-19(18)24)31-13-27-20-7-16(32-12-26-10-29-32)3-4-17(20)21(31)33/h2-7,9-14,34H,8H2,1H3/t14-,22-/m1/s1. The van der Waals surface area contributed by atoms with Crippen LogP contribution in [0.1, 0.15) is 18.5 Å². The van der Waals surface area contributed by atoms with Crippen LogP contribution in [0.5, 0.6) is 0 Å². The molecule has 5 rings (SSSR count). The Morgan fingerprint density at radius 2 is 1.82 bits per heavy atom. The number of benzene rings is 2. The second-order valence-electron chi connectivity index (χ2n) is 7.82. The van der Waals surface area contributed by atoms with Gasteiger partial charge in [0.2, 0.25) is 0 Å². The Kier molecular flexibility index (Phi) is 5.21. The zero-order valence-electron chi connectivity index (χ0n) is 17.8. The SMILES string of the molecule is C[C@@H](n1cnc2cc(-n3cncn3)ccc2c1=O)[C@](O)(Cn1cncn1)c1ccc(F)cc1F. The molecular formula is C22H18F2N8O2.